The molecule has 0 fully saturated rings. The lowest BCUT2D eigenvalue weighted by Crippen LogP contribution is -2.35. The van der Waals surface area contributed by atoms with Gasteiger partial charge in [0.2, 0.25) is 0 Å². The molecule has 1 atom stereocenters. The second kappa shape index (κ2) is 8.41. The monoisotopic (exact) mass is 400 g/mol. The smallest absolute Gasteiger partial charge is 0.407 e. The minimum atomic E-state index is -1.24. The summed E-state index contributed by atoms with van der Waals surface area (Å²) < 4.78 is 5.54. The summed E-state index contributed by atoms with van der Waals surface area (Å²) in [4.78, 5) is 23.7. The van der Waals surface area contributed by atoms with Crippen LogP contribution in [0.15, 0.2) is 72.8 Å². The third kappa shape index (κ3) is 4.06. The highest BCUT2D eigenvalue weighted by atomic mass is 16.5. The van der Waals surface area contributed by atoms with Crippen molar-refractivity contribution < 1.29 is 19.4 Å². The number of benzene rings is 3. The number of carbonyl (C=O) groups excluding carboxylic acids is 2. The Morgan fingerprint density at radius 3 is 2.20 bits per heavy atom. The first-order valence-electron chi connectivity index (χ1n) is 9.91. The fourth-order valence-electron chi connectivity index (χ4n) is 4.09. The Morgan fingerprint density at radius 1 is 0.967 bits per heavy atom. The topological polar surface area (TPSA) is 78.5 Å². The molecule has 0 aliphatic heterocycles. The van der Waals surface area contributed by atoms with E-state index >= 15 is 0 Å². The standard InChI is InChI=1S/C25H23NO4/c1-16-7-6-8-17(13-16)23(14-24(27)28)26-25(29)30-15-22-20-11-4-2-9-18(20)19-10-3-5-12-21(19)22/h2-13,22-23H,14-15H2,1H3,(H,26,29)(H,27,28)/p-1/t23-/m0/s1. The number of hydrogen-bond donors (Lipinski definition) is 1. The minimum absolute atomic E-state index is 0.0540. The zero-order valence-corrected chi connectivity index (χ0v) is 16.6. The number of fused-ring (bicyclic) bond motifs is 3. The Bertz CT molecular complexity index is 1050. The highest BCUT2D eigenvalue weighted by Gasteiger charge is 2.29. The predicted molar refractivity (Wildman–Crippen MR) is 112 cm³/mol. The van der Waals surface area contributed by atoms with Gasteiger partial charge in [0, 0.05) is 18.3 Å². The first-order valence-corrected chi connectivity index (χ1v) is 9.91. The average Bonchev–Trinajstić information content (AvgIpc) is 3.05. The van der Waals surface area contributed by atoms with Gasteiger partial charge in [-0.25, -0.2) is 4.79 Å². The largest absolute Gasteiger partial charge is 0.550 e. The third-order valence-corrected chi connectivity index (χ3v) is 5.45. The van der Waals surface area contributed by atoms with Gasteiger partial charge in [0.1, 0.15) is 6.61 Å². The van der Waals surface area contributed by atoms with Crippen molar-refractivity contribution in [3.63, 3.8) is 0 Å². The lowest BCUT2D eigenvalue weighted by Gasteiger charge is -2.21. The molecule has 0 heterocycles. The van der Waals surface area contributed by atoms with Crippen molar-refractivity contribution in [3.05, 3.63) is 95.1 Å². The van der Waals surface area contributed by atoms with E-state index in [0.717, 1.165) is 27.8 Å². The number of carboxylic acid groups (broad SMARTS) is 1. The number of hydrogen-bond acceptors (Lipinski definition) is 4. The summed E-state index contributed by atoms with van der Waals surface area (Å²) in [6.45, 7) is 2.08. The Kier molecular flexibility index (Phi) is 5.53. The number of rotatable bonds is 6. The van der Waals surface area contributed by atoms with E-state index in [-0.39, 0.29) is 18.9 Å². The number of amides is 1. The fraction of sp³-hybridized carbons (Fsp3) is 0.200. The highest BCUT2D eigenvalue weighted by Crippen LogP contribution is 2.44. The molecule has 3 aromatic rings. The van der Waals surface area contributed by atoms with Crippen molar-refractivity contribution in [2.75, 3.05) is 6.61 Å². The number of carbonyl (C=O) groups is 2. The third-order valence-electron chi connectivity index (χ3n) is 5.45. The molecular formula is C25H22NO4-. The number of aryl methyl sites for hydroxylation is 1. The molecule has 0 radical (unpaired) electrons. The lowest BCUT2D eigenvalue weighted by atomic mass is 9.98. The number of aliphatic carboxylic acids is 1. The summed E-state index contributed by atoms with van der Waals surface area (Å²) in [5, 5.41) is 13.9. The Hall–Kier alpha value is -3.60. The van der Waals surface area contributed by atoms with E-state index in [4.69, 9.17) is 4.74 Å². The molecule has 5 nitrogen and oxygen atoms in total. The predicted octanol–water partition coefficient (Wildman–Crippen LogP) is 3.71. The average molecular weight is 400 g/mol. The molecule has 0 saturated heterocycles. The molecule has 152 valence electrons. The van der Waals surface area contributed by atoms with Crippen LogP contribution in [0.1, 0.15) is 40.6 Å². The van der Waals surface area contributed by atoms with Gasteiger partial charge in [0.15, 0.2) is 0 Å². The molecule has 3 aromatic carbocycles. The van der Waals surface area contributed by atoms with Crippen molar-refractivity contribution in [1.82, 2.24) is 5.32 Å². The van der Waals surface area contributed by atoms with Gasteiger partial charge in [0.25, 0.3) is 0 Å². The Morgan fingerprint density at radius 2 is 1.60 bits per heavy atom. The molecule has 0 spiro atoms. The summed E-state index contributed by atoms with van der Waals surface area (Å²) in [5.74, 6) is -1.29. The Labute approximate surface area is 175 Å². The number of carboxylic acids is 1. The zero-order valence-electron chi connectivity index (χ0n) is 16.6. The molecule has 5 heteroatoms. The van der Waals surface area contributed by atoms with Crippen LogP contribution in [0.2, 0.25) is 0 Å². The summed E-state index contributed by atoms with van der Waals surface area (Å²) in [6, 6.07) is 22.8. The van der Waals surface area contributed by atoms with E-state index in [1.165, 1.54) is 0 Å². The van der Waals surface area contributed by atoms with Crippen LogP contribution in [0.5, 0.6) is 0 Å². The van der Waals surface area contributed by atoms with Gasteiger partial charge in [-0.1, -0.05) is 78.4 Å². The van der Waals surface area contributed by atoms with Crippen molar-refractivity contribution in [2.45, 2.75) is 25.3 Å². The van der Waals surface area contributed by atoms with Crippen LogP contribution in [0, 0.1) is 6.92 Å². The molecule has 0 bridgehead atoms. The van der Waals surface area contributed by atoms with Gasteiger partial charge in [-0.2, -0.15) is 0 Å². The molecule has 0 unspecified atom stereocenters. The molecular weight excluding hydrogens is 378 g/mol. The maximum absolute atomic E-state index is 12.5. The van der Waals surface area contributed by atoms with E-state index in [0.29, 0.717) is 5.56 Å². The SMILES string of the molecule is Cc1cccc([C@H](CC(=O)[O-])NC(=O)OCC2c3ccccc3-c3ccccc32)c1. The molecule has 1 aliphatic carbocycles. The zero-order chi connectivity index (χ0) is 21.1. The van der Waals surface area contributed by atoms with Crippen LogP contribution in [-0.4, -0.2) is 18.7 Å². The van der Waals surface area contributed by atoms with Gasteiger partial charge in [-0.3, -0.25) is 0 Å². The van der Waals surface area contributed by atoms with Crippen LogP contribution in [0.25, 0.3) is 11.1 Å². The molecule has 1 N–H and O–H groups in total. The molecule has 4 rings (SSSR count). The number of alkyl carbamates (subject to hydrolysis) is 1. The first-order chi connectivity index (χ1) is 14.5. The van der Waals surface area contributed by atoms with Gasteiger partial charge in [0.05, 0.1) is 6.04 Å². The first kappa shape index (κ1) is 19.7. The molecule has 1 aliphatic rings. The van der Waals surface area contributed by atoms with Gasteiger partial charge < -0.3 is 20.0 Å². The summed E-state index contributed by atoms with van der Waals surface area (Å²) in [5.41, 5.74) is 6.22. The van der Waals surface area contributed by atoms with Crippen molar-refractivity contribution in [1.29, 1.82) is 0 Å². The lowest BCUT2D eigenvalue weighted by molar-refractivity contribution is -0.306. The number of nitrogens with one attached hydrogen (secondary N) is 1. The second-order valence-corrected chi connectivity index (χ2v) is 7.51. The highest BCUT2D eigenvalue weighted by molar-refractivity contribution is 5.79. The van der Waals surface area contributed by atoms with E-state index in [9.17, 15) is 14.7 Å². The second-order valence-electron chi connectivity index (χ2n) is 7.51. The van der Waals surface area contributed by atoms with E-state index < -0.39 is 18.1 Å². The van der Waals surface area contributed by atoms with Gasteiger partial charge in [-0.05, 0) is 34.7 Å². The Balaban J connectivity index is 1.48. The van der Waals surface area contributed by atoms with Crippen molar-refractivity contribution >= 4 is 12.1 Å². The van der Waals surface area contributed by atoms with E-state index in [2.05, 4.69) is 17.4 Å². The van der Waals surface area contributed by atoms with Crippen LogP contribution >= 0.6 is 0 Å². The maximum atomic E-state index is 12.5. The molecule has 30 heavy (non-hydrogen) atoms. The molecule has 1 amide bonds. The van der Waals surface area contributed by atoms with Gasteiger partial charge >= 0.3 is 6.09 Å². The minimum Gasteiger partial charge on any atom is -0.550 e. The summed E-state index contributed by atoms with van der Waals surface area (Å²) >= 11 is 0. The van der Waals surface area contributed by atoms with Crippen LogP contribution in [-0.2, 0) is 9.53 Å². The normalized spacial score (nSPS) is 13.2. The maximum Gasteiger partial charge on any atom is 0.407 e. The van der Waals surface area contributed by atoms with Crippen LogP contribution < -0.4 is 10.4 Å². The number of ether oxygens (including phenoxy) is 1. The van der Waals surface area contributed by atoms with Crippen LogP contribution in [0.3, 0.4) is 0 Å². The molecule has 0 aromatic heterocycles. The van der Waals surface area contributed by atoms with Crippen molar-refractivity contribution in [3.8, 4) is 11.1 Å². The molecule has 0 saturated carbocycles. The van der Waals surface area contributed by atoms with Crippen molar-refractivity contribution in [2.24, 2.45) is 0 Å². The summed E-state index contributed by atoms with van der Waals surface area (Å²) in [6.07, 6.45) is -0.974. The van der Waals surface area contributed by atoms with Crippen LogP contribution in [0.4, 0.5) is 4.79 Å². The van der Waals surface area contributed by atoms with E-state index in [1.807, 2.05) is 61.5 Å². The van der Waals surface area contributed by atoms with Gasteiger partial charge in [-0.15, -0.1) is 0 Å². The quantitative estimate of drug-likeness (QED) is 0.684. The van der Waals surface area contributed by atoms with E-state index in [1.54, 1.807) is 6.07 Å². The summed E-state index contributed by atoms with van der Waals surface area (Å²) in [7, 11) is 0. The fourth-order valence-corrected chi connectivity index (χ4v) is 4.09.